The monoisotopic (exact) mass is 592 g/mol. The molecule has 0 unspecified atom stereocenters. The molecular formula is C25H27Cl2F5N6O. The smallest absolute Gasteiger partial charge is 0.406 e. The number of hydrogen-bond acceptors (Lipinski definition) is 6. The molecule has 2 aliphatic carbocycles. The molecule has 3 aromatic rings. The van der Waals surface area contributed by atoms with Crippen molar-refractivity contribution in [1.29, 1.82) is 0 Å². The SMILES string of the molecule is C[C@H]1CC[C@@H](n2c(Nc3c(Cl)cc(OC(F)(F)F)cc3Cl)nc3cnc(NC4CCC(F)(F)CC4)nc32)CC1. The zero-order valence-corrected chi connectivity index (χ0v) is 22.5. The van der Waals surface area contributed by atoms with Crippen LogP contribution in [0.15, 0.2) is 18.3 Å². The molecule has 0 atom stereocenters. The minimum atomic E-state index is -4.89. The first-order valence-corrected chi connectivity index (χ1v) is 13.5. The number of alkyl halides is 5. The van der Waals surface area contributed by atoms with E-state index in [9.17, 15) is 22.0 Å². The molecule has 0 radical (unpaired) electrons. The molecule has 0 aliphatic heterocycles. The van der Waals surface area contributed by atoms with Gasteiger partial charge in [-0.05, 0) is 44.4 Å². The van der Waals surface area contributed by atoms with Crippen molar-refractivity contribution in [1.82, 2.24) is 19.5 Å². The topological polar surface area (TPSA) is 76.9 Å². The van der Waals surface area contributed by atoms with Gasteiger partial charge in [0.05, 0.1) is 21.9 Å². The predicted octanol–water partition coefficient (Wildman–Crippen LogP) is 8.52. The number of benzene rings is 1. The largest absolute Gasteiger partial charge is 0.573 e. The lowest BCUT2D eigenvalue weighted by atomic mass is 9.87. The third-order valence-electron chi connectivity index (χ3n) is 7.32. The average Bonchev–Trinajstić information content (AvgIpc) is 3.19. The molecule has 5 rings (SSSR count). The Morgan fingerprint density at radius 3 is 2.26 bits per heavy atom. The molecule has 0 saturated heterocycles. The number of fused-ring (bicyclic) bond motifs is 1. The standard InChI is InChI=1S/C25H27Cl2F5N6O/c1-13-2-4-15(5-3-13)38-21-19(12-33-22(37-21)34-14-6-8-24(28,29)9-7-14)35-23(38)36-20-17(26)10-16(11-18(20)27)39-25(30,31)32/h10-15H,2-9H2,1H3,(H,35,36)(H,33,34,37)/t13-,15+. The van der Waals surface area contributed by atoms with Crippen LogP contribution in [-0.2, 0) is 0 Å². The molecule has 2 heterocycles. The van der Waals surface area contributed by atoms with Gasteiger partial charge in [0, 0.05) is 37.1 Å². The summed E-state index contributed by atoms with van der Waals surface area (Å²) < 4.78 is 71.1. The minimum absolute atomic E-state index is 0.0372. The number of anilines is 3. The number of rotatable bonds is 6. The molecule has 2 fully saturated rings. The molecule has 2 aliphatic rings. The van der Waals surface area contributed by atoms with Gasteiger partial charge in [-0.15, -0.1) is 13.2 Å². The first-order valence-electron chi connectivity index (χ1n) is 12.8. The van der Waals surface area contributed by atoms with Crippen LogP contribution in [0.25, 0.3) is 11.2 Å². The summed E-state index contributed by atoms with van der Waals surface area (Å²) in [6.45, 7) is 2.20. The summed E-state index contributed by atoms with van der Waals surface area (Å²) in [5.74, 6) is -1.92. The maximum Gasteiger partial charge on any atom is 0.573 e. The molecule has 2 saturated carbocycles. The fourth-order valence-electron chi connectivity index (χ4n) is 5.24. The third kappa shape index (κ3) is 6.59. The minimum Gasteiger partial charge on any atom is -0.406 e. The van der Waals surface area contributed by atoms with Crippen LogP contribution in [0.4, 0.5) is 39.5 Å². The Morgan fingerprint density at radius 1 is 1.00 bits per heavy atom. The maximum atomic E-state index is 13.6. The molecule has 7 nitrogen and oxygen atoms in total. The number of hydrogen-bond donors (Lipinski definition) is 2. The van der Waals surface area contributed by atoms with Gasteiger partial charge in [-0.1, -0.05) is 30.1 Å². The van der Waals surface area contributed by atoms with E-state index in [1.165, 1.54) is 0 Å². The fraction of sp³-hybridized carbons (Fsp3) is 0.560. The lowest BCUT2D eigenvalue weighted by Gasteiger charge is -2.29. The molecular weight excluding hydrogens is 566 g/mol. The Balaban J connectivity index is 1.48. The van der Waals surface area contributed by atoms with Gasteiger partial charge in [0.1, 0.15) is 11.3 Å². The van der Waals surface area contributed by atoms with Gasteiger partial charge in [0.2, 0.25) is 17.8 Å². The zero-order chi connectivity index (χ0) is 27.9. The number of aromatic nitrogens is 4. The average molecular weight is 593 g/mol. The highest BCUT2D eigenvalue weighted by Gasteiger charge is 2.35. The second kappa shape index (κ2) is 10.8. The van der Waals surface area contributed by atoms with Crippen LogP contribution in [0.5, 0.6) is 5.75 Å². The molecule has 0 amide bonds. The van der Waals surface area contributed by atoms with E-state index >= 15 is 0 Å². The van der Waals surface area contributed by atoms with Crippen molar-refractivity contribution in [3.05, 3.63) is 28.4 Å². The van der Waals surface area contributed by atoms with Crippen molar-refractivity contribution >= 4 is 51.9 Å². The van der Waals surface area contributed by atoms with E-state index in [4.69, 9.17) is 28.2 Å². The quantitative estimate of drug-likeness (QED) is 0.279. The van der Waals surface area contributed by atoms with Crippen LogP contribution in [0, 0.1) is 5.92 Å². The lowest BCUT2D eigenvalue weighted by molar-refractivity contribution is -0.274. The van der Waals surface area contributed by atoms with Crippen molar-refractivity contribution < 1.29 is 26.7 Å². The molecule has 0 bridgehead atoms. The summed E-state index contributed by atoms with van der Waals surface area (Å²) in [6, 6.07) is 1.92. The van der Waals surface area contributed by atoms with Crippen LogP contribution in [0.1, 0.15) is 64.3 Å². The number of ether oxygens (including phenoxy) is 1. The second-order valence-electron chi connectivity index (χ2n) is 10.3. The summed E-state index contributed by atoms with van der Waals surface area (Å²) in [5.41, 5.74) is 1.20. The molecule has 1 aromatic carbocycles. The zero-order valence-electron chi connectivity index (χ0n) is 21.0. The Kier molecular flexibility index (Phi) is 7.71. The van der Waals surface area contributed by atoms with Gasteiger partial charge < -0.3 is 15.4 Å². The summed E-state index contributed by atoms with van der Waals surface area (Å²) in [7, 11) is 0. The van der Waals surface area contributed by atoms with Gasteiger partial charge in [-0.3, -0.25) is 4.57 Å². The van der Waals surface area contributed by atoms with E-state index in [0.29, 0.717) is 41.8 Å². The Hall–Kier alpha value is -2.60. The Bertz CT molecular complexity index is 1310. The van der Waals surface area contributed by atoms with E-state index in [1.807, 2.05) is 4.57 Å². The lowest BCUT2D eigenvalue weighted by Crippen LogP contribution is -2.32. The Labute approximate surface area is 231 Å². The molecule has 2 aromatic heterocycles. The van der Waals surface area contributed by atoms with Crippen molar-refractivity contribution in [2.24, 2.45) is 5.92 Å². The fourth-order valence-corrected chi connectivity index (χ4v) is 5.80. The first kappa shape index (κ1) is 27.9. The van der Waals surface area contributed by atoms with E-state index in [-0.39, 0.29) is 40.7 Å². The normalized spacial score (nSPS) is 22.2. The van der Waals surface area contributed by atoms with Crippen LogP contribution in [0.2, 0.25) is 10.0 Å². The van der Waals surface area contributed by atoms with Gasteiger partial charge >= 0.3 is 6.36 Å². The summed E-state index contributed by atoms with van der Waals surface area (Å²) in [5, 5.41) is 6.11. The molecule has 2 N–H and O–H groups in total. The van der Waals surface area contributed by atoms with Crippen molar-refractivity contribution in [3.63, 3.8) is 0 Å². The van der Waals surface area contributed by atoms with Crippen molar-refractivity contribution in [2.75, 3.05) is 10.6 Å². The number of nitrogens with zero attached hydrogens (tertiary/aromatic N) is 4. The third-order valence-corrected chi connectivity index (χ3v) is 7.92. The van der Waals surface area contributed by atoms with E-state index in [2.05, 4.69) is 32.3 Å². The number of imidazole rings is 1. The summed E-state index contributed by atoms with van der Waals surface area (Å²) in [4.78, 5) is 13.7. The van der Waals surface area contributed by atoms with Gasteiger partial charge in [0.15, 0.2) is 5.65 Å². The number of nitrogens with one attached hydrogen (secondary N) is 2. The van der Waals surface area contributed by atoms with Crippen molar-refractivity contribution in [2.45, 2.75) is 82.7 Å². The summed E-state index contributed by atoms with van der Waals surface area (Å²) in [6.07, 6.45) is 0.647. The van der Waals surface area contributed by atoms with Crippen LogP contribution < -0.4 is 15.4 Å². The van der Waals surface area contributed by atoms with Crippen molar-refractivity contribution in [3.8, 4) is 5.75 Å². The van der Waals surface area contributed by atoms with E-state index in [1.54, 1.807) is 6.20 Å². The highest BCUT2D eigenvalue weighted by molar-refractivity contribution is 6.39. The van der Waals surface area contributed by atoms with Crippen LogP contribution in [-0.4, -0.2) is 37.8 Å². The van der Waals surface area contributed by atoms with Gasteiger partial charge in [0.25, 0.3) is 0 Å². The molecule has 39 heavy (non-hydrogen) atoms. The van der Waals surface area contributed by atoms with Crippen LogP contribution >= 0.6 is 23.2 Å². The van der Waals surface area contributed by atoms with E-state index < -0.39 is 18.0 Å². The maximum absolute atomic E-state index is 13.6. The molecule has 212 valence electrons. The highest BCUT2D eigenvalue weighted by atomic mass is 35.5. The Morgan fingerprint density at radius 2 is 1.64 bits per heavy atom. The van der Waals surface area contributed by atoms with Gasteiger partial charge in [-0.2, -0.15) is 4.98 Å². The number of halogens is 7. The molecule has 0 spiro atoms. The first-order chi connectivity index (χ1) is 18.4. The molecule has 14 heteroatoms. The highest BCUT2D eigenvalue weighted by Crippen LogP contribution is 2.41. The summed E-state index contributed by atoms with van der Waals surface area (Å²) >= 11 is 12.6. The van der Waals surface area contributed by atoms with Gasteiger partial charge in [-0.25, -0.2) is 18.7 Å². The second-order valence-corrected chi connectivity index (χ2v) is 11.1. The van der Waals surface area contributed by atoms with Crippen LogP contribution in [0.3, 0.4) is 0 Å². The predicted molar refractivity (Wildman–Crippen MR) is 139 cm³/mol. The van der Waals surface area contributed by atoms with E-state index in [0.717, 1.165) is 37.8 Å².